The third-order valence-corrected chi connectivity index (χ3v) is 6.66. The van der Waals surface area contributed by atoms with E-state index in [1.165, 1.54) is 23.1 Å². The number of nitrogens with zero attached hydrogens (tertiary/aromatic N) is 2. The molecule has 1 amide bonds. The molecule has 1 atom stereocenters. The Hall–Kier alpha value is -1.57. The van der Waals surface area contributed by atoms with Crippen molar-refractivity contribution < 1.29 is 9.72 Å². The number of thioether (sulfide) groups is 1. The van der Waals surface area contributed by atoms with Crippen LogP contribution >= 0.6 is 34.7 Å². The molecular weight excluding hydrogens is 368 g/mol. The van der Waals surface area contributed by atoms with Gasteiger partial charge in [-0.3, -0.25) is 14.9 Å². The van der Waals surface area contributed by atoms with Crippen LogP contribution in [-0.4, -0.2) is 34.6 Å². The topological polar surface area (TPSA) is 63.4 Å². The fourth-order valence-corrected chi connectivity index (χ4v) is 5.07. The minimum atomic E-state index is -0.516. The molecule has 1 aliphatic rings. The van der Waals surface area contributed by atoms with Crippen LogP contribution in [-0.2, 0) is 0 Å². The summed E-state index contributed by atoms with van der Waals surface area (Å²) in [7, 11) is 0. The number of halogens is 1. The highest BCUT2D eigenvalue weighted by atomic mass is 35.5. The van der Waals surface area contributed by atoms with E-state index in [4.69, 9.17) is 11.6 Å². The summed E-state index contributed by atoms with van der Waals surface area (Å²) in [6.45, 7) is 1.23. The summed E-state index contributed by atoms with van der Waals surface area (Å²) >= 11 is 9.67. The summed E-state index contributed by atoms with van der Waals surface area (Å²) in [6, 6.07) is 8.14. The Morgan fingerprint density at radius 2 is 2.17 bits per heavy atom. The van der Waals surface area contributed by atoms with Crippen molar-refractivity contribution in [3.63, 3.8) is 0 Å². The maximum absolute atomic E-state index is 12.8. The second-order valence-corrected chi connectivity index (χ2v) is 8.07. The fraction of sp³-hybridized carbons (Fsp3) is 0.312. The lowest BCUT2D eigenvalue weighted by Crippen LogP contribution is -2.33. The second-order valence-electron chi connectivity index (χ2n) is 5.38. The summed E-state index contributed by atoms with van der Waals surface area (Å²) in [6.07, 6.45) is 0.865. The number of nitro groups is 1. The lowest BCUT2D eigenvalue weighted by molar-refractivity contribution is -0.384. The van der Waals surface area contributed by atoms with Gasteiger partial charge < -0.3 is 4.90 Å². The Morgan fingerprint density at radius 3 is 2.88 bits per heavy atom. The number of non-ortho nitro benzene ring substituents is 1. The van der Waals surface area contributed by atoms with E-state index >= 15 is 0 Å². The van der Waals surface area contributed by atoms with Crippen molar-refractivity contribution in [2.24, 2.45) is 0 Å². The Balaban J connectivity index is 1.76. The van der Waals surface area contributed by atoms with E-state index in [0.717, 1.165) is 12.2 Å². The standard InChI is InChI=1S/C16H15ClN2O3S2/c17-13-4-3-11(19(21)22)10-12(13)16(20)18-6-5-15(24-9-7-18)14-2-1-8-23-14/h1-4,8,10,15H,5-7,9H2. The van der Waals surface area contributed by atoms with Gasteiger partial charge in [-0.2, -0.15) is 11.8 Å². The number of thiophene rings is 1. The number of hydrogen-bond donors (Lipinski definition) is 0. The normalized spacial score (nSPS) is 18.2. The van der Waals surface area contributed by atoms with Gasteiger partial charge in [0.15, 0.2) is 0 Å². The maximum atomic E-state index is 12.8. The summed E-state index contributed by atoms with van der Waals surface area (Å²) in [5, 5.41) is 13.6. The highest BCUT2D eigenvalue weighted by Gasteiger charge is 2.25. The minimum absolute atomic E-state index is 0.122. The van der Waals surface area contributed by atoms with Gasteiger partial charge in [-0.15, -0.1) is 11.3 Å². The van der Waals surface area contributed by atoms with Crippen LogP contribution in [0.5, 0.6) is 0 Å². The number of nitro benzene ring substituents is 1. The third kappa shape index (κ3) is 3.74. The Bertz CT molecular complexity index is 752. The molecule has 0 saturated carbocycles. The molecule has 0 N–H and O–H groups in total. The first kappa shape index (κ1) is 17.3. The molecule has 2 aromatic rings. The van der Waals surface area contributed by atoms with Crippen LogP contribution < -0.4 is 0 Å². The molecule has 1 aromatic heterocycles. The van der Waals surface area contributed by atoms with Crippen molar-refractivity contribution in [1.82, 2.24) is 4.90 Å². The lowest BCUT2D eigenvalue weighted by atomic mass is 10.1. The largest absolute Gasteiger partial charge is 0.338 e. The average molecular weight is 383 g/mol. The van der Waals surface area contributed by atoms with Gasteiger partial charge in [0.1, 0.15) is 0 Å². The van der Waals surface area contributed by atoms with Gasteiger partial charge in [0, 0.05) is 41.1 Å². The number of benzene rings is 1. The van der Waals surface area contributed by atoms with Gasteiger partial charge in [-0.25, -0.2) is 0 Å². The molecule has 5 nitrogen and oxygen atoms in total. The lowest BCUT2D eigenvalue weighted by Gasteiger charge is -2.20. The quantitative estimate of drug-likeness (QED) is 0.573. The average Bonchev–Trinajstić information content (AvgIpc) is 2.99. The van der Waals surface area contributed by atoms with Crippen LogP contribution in [0.1, 0.15) is 26.9 Å². The summed E-state index contributed by atoms with van der Waals surface area (Å²) in [5.41, 5.74) is 0.0776. The molecule has 0 bridgehead atoms. The molecule has 0 radical (unpaired) electrons. The second kappa shape index (κ2) is 7.55. The number of rotatable bonds is 3. The van der Waals surface area contributed by atoms with E-state index in [1.54, 1.807) is 16.2 Å². The van der Waals surface area contributed by atoms with Gasteiger partial charge >= 0.3 is 0 Å². The number of hydrogen-bond acceptors (Lipinski definition) is 5. The fourth-order valence-electron chi connectivity index (χ4n) is 2.64. The number of carbonyl (C=O) groups excluding carboxylic acids is 1. The van der Waals surface area contributed by atoms with E-state index in [2.05, 4.69) is 11.4 Å². The Kier molecular flexibility index (Phi) is 5.43. The smallest absolute Gasteiger partial charge is 0.270 e. The summed E-state index contributed by atoms with van der Waals surface area (Å²) < 4.78 is 0. The van der Waals surface area contributed by atoms with Crippen molar-refractivity contribution in [3.05, 3.63) is 61.3 Å². The van der Waals surface area contributed by atoms with Crippen LogP contribution in [0.15, 0.2) is 35.7 Å². The van der Waals surface area contributed by atoms with Gasteiger partial charge in [0.05, 0.1) is 15.5 Å². The SMILES string of the molecule is O=C(c1cc([N+](=O)[O-])ccc1Cl)N1CCSC(c2cccs2)CC1. The van der Waals surface area contributed by atoms with E-state index in [-0.39, 0.29) is 22.2 Å². The summed E-state index contributed by atoms with van der Waals surface area (Å²) in [4.78, 5) is 26.2. The van der Waals surface area contributed by atoms with E-state index in [0.29, 0.717) is 18.3 Å². The molecule has 1 aliphatic heterocycles. The monoisotopic (exact) mass is 382 g/mol. The van der Waals surface area contributed by atoms with Crippen molar-refractivity contribution in [2.75, 3.05) is 18.8 Å². The molecule has 1 unspecified atom stereocenters. The highest BCUT2D eigenvalue weighted by Crippen LogP contribution is 2.37. The van der Waals surface area contributed by atoms with E-state index in [9.17, 15) is 14.9 Å². The predicted molar refractivity (Wildman–Crippen MR) is 98.1 cm³/mol. The molecule has 2 heterocycles. The molecule has 0 spiro atoms. The van der Waals surface area contributed by atoms with Crippen LogP contribution in [0.2, 0.25) is 5.02 Å². The molecule has 0 aliphatic carbocycles. The first-order chi connectivity index (χ1) is 11.6. The van der Waals surface area contributed by atoms with E-state index < -0.39 is 4.92 Å². The molecule has 8 heteroatoms. The predicted octanol–water partition coefficient (Wildman–Crippen LogP) is 4.63. The molecule has 1 aromatic carbocycles. The van der Waals surface area contributed by atoms with Crippen LogP contribution in [0.4, 0.5) is 5.69 Å². The molecular formula is C16H15ClN2O3S2. The first-order valence-electron chi connectivity index (χ1n) is 7.44. The van der Waals surface area contributed by atoms with Gasteiger partial charge in [-0.05, 0) is 23.9 Å². The highest BCUT2D eigenvalue weighted by molar-refractivity contribution is 7.99. The Labute approximate surface area is 152 Å². The molecule has 1 fully saturated rings. The van der Waals surface area contributed by atoms with E-state index in [1.807, 2.05) is 17.8 Å². The summed E-state index contributed by atoms with van der Waals surface area (Å²) in [5.74, 6) is 0.594. The molecule has 1 saturated heterocycles. The van der Waals surface area contributed by atoms with Gasteiger partial charge in [-0.1, -0.05) is 17.7 Å². The van der Waals surface area contributed by atoms with Crippen molar-refractivity contribution >= 4 is 46.3 Å². The first-order valence-corrected chi connectivity index (χ1v) is 9.75. The minimum Gasteiger partial charge on any atom is -0.338 e. The number of amides is 1. The number of carbonyl (C=O) groups is 1. The zero-order chi connectivity index (χ0) is 17.1. The van der Waals surface area contributed by atoms with Crippen molar-refractivity contribution in [1.29, 1.82) is 0 Å². The molecule has 24 heavy (non-hydrogen) atoms. The molecule has 126 valence electrons. The van der Waals surface area contributed by atoms with Crippen molar-refractivity contribution in [3.8, 4) is 0 Å². The molecule has 3 rings (SSSR count). The van der Waals surface area contributed by atoms with Crippen LogP contribution in [0.25, 0.3) is 0 Å². The van der Waals surface area contributed by atoms with Crippen molar-refractivity contribution in [2.45, 2.75) is 11.7 Å². The third-order valence-electron chi connectivity index (χ3n) is 3.88. The van der Waals surface area contributed by atoms with Crippen LogP contribution in [0, 0.1) is 10.1 Å². The van der Waals surface area contributed by atoms with Gasteiger partial charge in [0.2, 0.25) is 0 Å². The Morgan fingerprint density at radius 1 is 1.33 bits per heavy atom. The maximum Gasteiger partial charge on any atom is 0.270 e. The van der Waals surface area contributed by atoms with Crippen LogP contribution in [0.3, 0.4) is 0 Å². The van der Waals surface area contributed by atoms with Gasteiger partial charge in [0.25, 0.3) is 11.6 Å². The zero-order valence-electron chi connectivity index (χ0n) is 12.7. The zero-order valence-corrected chi connectivity index (χ0v) is 15.1.